The Labute approximate surface area is 198 Å². The van der Waals surface area contributed by atoms with Crippen LogP contribution in [0.25, 0.3) is 0 Å². The van der Waals surface area contributed by atoms with E-state index in [9.17, 15) is 4.79 Å². The Kier molecular flexibility index (Phi) is 7.86. The minimum absolute atomic E-state index is 0.195. The summed E-state index contributed by atoms with van der Waals surface area (Å²) in [6.45, 7) is 0. The van der Waals surface area contributed by atoms with Crippen molar-refractivity contribution < 1.29 is 4.79 Å². The monoisotopic (exact) mass is 530 g/mol. The highest BCUT2D eigenvalue weighted by molar-refractivity contribution is 9.08. The van der Waals surface area contributed by atoms with Gasteiger partial charge < -0.3 is 0 Å². The maximum atomic E-state index is 14.0. The van der Waals surface area contributed by atoms with Crippen LogP contribution >= 0.6 is 31.9 Å². The first kappa shape index (κ1) is 22.3. The van der Waals surface area contributed by atoms with Gasteiger partial charge in [-0.15, -0.1) is 0 Å². The summed E-state index contributed by atoms with van der Waals surface area (Å²) in [7, 11) is 0. The van der Waals surface area contributed by atoms with Crippen LogP contribution in [0.5, 0.6) is 0 Å². The van der Waals surface area contributed by atoms with Crippen molar-refractivity contribution in [1.29, 1.82) is 0 Å². The first-order valence-electron chi connectivity index (χ1n) is 11.5. The summed E-state index contributed by atoms with van der Waals surface area (Å²) >= 11 is 7.09. The third-order valence-electron chi connectivity index (χ3n) is 7.39. The zero-order chi connectivity index (χ0) is 20.9. The van der Waals surface area contributed by atoms with E-state index in [1.54, 1.807) is 0 Å². The first-order valence-corrected chi connectivity index (χ1v) is 13.8. The molecule has 4 rings (SSSR count). The maximum absolute atomic E-state index is 14.0. The summed E-state index contributed by atoms with van der Waals surface area (Å²) in [6, 6.07) is 17.9. The standard InChI is InChI=1S/C27H32Br2O/c28-17-19-9-13-21(14-10-19)23-5-1-3-7-25(23)27(30)26-8-4-2-6-24(26)22-15-11-20(18-29)12-16-22/h9-16,23-26H,1-8,17-18H2. The molecule has 0 N–H and O–H groups in total. The number of ketones is 1. The molecule has 4 unspecified atom stereocenters. The van der Waals surface area contributed by atoms with Gasteiger partial charge in [0, 0.05) is 22.5 Å². The van der Waals surface area contributed by atoms with Crippen LogP contribution in [0.3, 0.4) is 0 Å². The Bertz CT molecular complexity index is 757. The van der Waals surface area contributed by atoms with Crippen LogP contribution < -0.4 is 0 Å². The Balaban J connectivity index is 1.57. The predicted octanol–water partition coefficient (Wildman–Crippen LogP) is 8.29. The average molecular weight is 532 g/mol. The average Bonchev–Trinajstić information content (AvgIpc) is 2.84. The number of rotatable bonds is 6. The van der Waals surface area contributed by atoms with Crippen LogP contribution in [0.4, 0.5) is 0 Å². The van der Waals surface area contributed by atoms with Crippen molar-refractivity contribution in [3.63, 3.8) is 0 Å². The lowest BCUT2D eigenvalue weighted by Crippen LogP contribution is -2.35. The Morgan fingerprint density at radius 3 is 1.37 bits per heavy atom. The van der Waals surface area contributed by atoms with Gasteiger partial charge in [0.25, 0.3) is 0 Å². The summed E-state index contributed by atoms with van der Waals surface area (Å²) in [4.78, 5) is 14.0. The van der Waals surface area contributed by atoms with Crippen LogP contribution in [-0.2, 0) is 15.5 Å². The van der Waals surface area contributed by atoms with E-state index >= 15 is 0 Å². The number of benzene rings is 2. The largest absolute Gasteiger partial charge is 0.299 e. The molecule has 0 aliphatic heterocycles. The quantitative estimate of drug-likeness (QED) is 0.342. The Morgan fingerprint density at radius 2 is 1.00 bits per heavy atom. The normalized spacial score (nSPS) is 27.0. The van der Waals surface area contributed by atoms with Gasteiger partial charge in [-0.1, -0.05) is 106 Å². The minimum Gasteiger partial charge on any atom is -0.299 e. The van der Waals surface area contributed by atoms with Gasteiger partial charge in [0.15, 0.2) is 0 Å². The summed E-state index contributed by atoms with van der Waals surface area (Å²) in [5, 5.41) is 1.77. The summed E-state index contributed by atoms with van der Waals surface area (Å²) < 4.78 is 0. The van der Waals surface area contributed by atoms with Crippen LogP contribution in [0.1, 0.15) is 85.5 Å². The molecule has 30 heavy (non-hydrogen) atoms. The van der Waals surface area contributed by atoms with Gasteiger partial charge in [-0.3, -0.25) is 4.79 Å². The highest BCUT2D eigenvalue weighted by atomic mass is 79.9. The van der Waals surface area contributed by atoms with Crippen LogP contribution in [0.2, 0.25) is 0 Å². The molecule has 2 aliphatic rings. The van der Waals surface area contributed by atoms with Crippen molar-refractivity contribution in [2.24, 2.45) is 11.8 Å². The van der Waals surface area contributed by atoms with Crippen molar-refractivity contribution in [2.75, 3.05) is 0 Å². The zero-order valence-electron chi connectivity index (χ0n) is 17.7. The van der Waals surface area contributed by atoms with Crippen LogP contribution in [0.15, 0.2) is 48.5 Å². The van der Waals surface area contributed by atoms with E-state index in [0.29, 0.717) is 17.6 Å². The van der Waals surface area contributed by atoms with Gasteiger partial charge in [-0.2, -0.15) is 0 Å². The SMILES string of the molecule is O=C(C1CCCCC1c1ccc(CBr)cc1)C1CCCCC1c1ccc(CBr)cc1. The number of hydrogen-bond donors (Lipinski definition) is 0. The van der Waals surface area contributed by atoms with E-state index in [1.807, 2.05) is 0 Å². The van der Waals surface area contributed by atoms with Crippen molar-refractivity contribution in [1.82, 2.24) is 0 Å². The fourth-order valence-electron chi connectivity index (χ4n) is 5.72. The molecule has 0 bridgehead atoms. The number of hydrogen-bond acceptors (Lipinski definition) is 1. The van der Waals surface area contributed by atoms with Gasteiger partial charge in [-0.05, 0) is 59.8 Å². The molecule has 2 saturated carbocycles. The van der Waals surface area contributed by atoms with E-state index in [2.05, 4.69) is 80.4 Å². The molecule has 0 radical (unpaired) electrons. The van der Waals surface area contributed by atoms with Crippen molar-refractivity contribution in [3.05, 3.63) is 70.8 Å². The highest BCUT2D eigenvalue weighted by Gasteiger charge is 2.39. The lowest BCUT2D eigenvalue weighted by atomic mass is 9.65. The maximum Gasteiger partial charge on any atom is 0.140 e. The second kappa shape index (κ2) is 10.6. The Morgan fingerprint density at radius 1 is 0.633 bits per heavy atom. The van der Waals surface area contributed by atoms with E-state index in [-0.39, 0.29) is 11.8 Å². The molecule has 2 aromatic rings. The smallest absolute Gasteiger partial charge is 0.140 e. The van der Waals surface area contributed by atoms with Gasteiger partial charge in [-0.25, -0.2) is 0 Å². The second-order valence-electron chi connectivity index (χ2n) is 9.15. The number of carbonyl (C=O) groups is 1. The molecule has 160 valence electrons. The zero-order valence-corrected chi connectivity index (χ0v) is 20.8. The summed E-state index contributed by atoms with van der Waals surface area (Å²) in [5.74, 6) is 1.74. The molecule has 0 spiro atoms. The number of halogens is 2. The van der Waals surface area contributed by atoms with E-state index < -0.39 is 0 Å². The van der Waals surface area contributed by atoms with Crippen LogP contribution in [-0.4, -0.2) is 5.78 Å². The topological polar surface area (TPSA) is 17.1 Å². The summed E-state index contributed by atoms with van der Waals surface area (Å²) in [5.41, 5.74) is 5.34. The minimum atomic E-state index is 0.195. The second-order valence-corrected chi connectivity index (χ2v) is 10.3. The Hall–Kier alpha value is -0.930. The molecule has 0 saturated heterocycles. The van der Waals surface area contributed by atoms with Gasteiger partial charge >= 0.3 is 0 Å². The molecule has 0 heterocycles. The molecule has 0 amide bonds. The molecule has 3 heteroatoms. The highest BCUT2D eigenvalue weighted by Crippen LogP contribution is 2.45. The van der Waals surface area contributed by atoms with Gasteiger partial charge in [0.05, 0.1) is 0 Å². The molecule has 4 atom stereocenters. The molecule has 2 aromatic carbocycles. The van der Waals surface area contributed by atoms with Crippen molar-refractivity contribution in [3.8, 4) is 0 Å². The van der Waals surface area contributed by atoms with Crippen LogP contribution in [0, 0.1) is 11.8 Å². The molecule has 2 aliphatic carbocycles. The fourth-order valence-corrected chi connectivity index (χ4v) is 6.47. The van der Waals surface area contributed by atoms with Gasteiger partial charge in [0.2, 0.25) is 0 Å². The molecule has 2 fully saturated rings. The predicted molar refractivity (Wildman–Crippen MR) is 133 cm³/mol. The van der Waals surface area contributed by atoms with Crippen molar-refractivity contribution >= 4 is 37.6 Å². The van der Waals surface area contributed by atoms with E-state index in [4.69, 9.17) is 0 Å². The number of Topliss-reactive ketones (excluding diaryl/α,β-unsaturated/α-hetero) is 1. The third kappa shape index (κ3) is 4.93. The molecule has 0 aromatic heterocycles. The molecule has 1 nitrogen and oxygen atoms in total. The van der Waals surface area contributed by atoms with Crippen molar-refractivity contribution in [2.45, 2.75) is 73.9 Å². The lowest BCUT2D eigenvalue weighted by Gasteiger charge is -2.38. The molecular formula is C27H32Br2O. The molecular weight excluding hydrogens is 500 g/mol. The number of carbonyl (C=O) groups excluding carboxylic acids is 1. The fraction of sp³-hybridized carbons (Fsp3) is 0.519. The first-order chi connectivity index (χ1) is 14.7. The number of alkyl halides is 2. The third-order valence-corrected chi connectivity index (χ3v) is 8.68. The van der Waals surface area contributed by atoms with E-state index in [0.717, 1.165) is 36.3 Å². The summed E-state index contributed by atoms with van der Waals surface area (Å²) in [6.07, 6.45) is 9.33. The lowest BCUT2D eigenvalue weighted by molar-refractivity contribution is -0.130. The van der Waals surface area contributed by atoms with E-state index in [1.165, 1.54) is 47.9 Å². The van der Waals surface area contributed by atoms with Gasteiger partial charge in [0.1, 0.15) is 5.78 Å².